The first-order chi connectivity index (χ1) is 15.5. The highest BCUT2D eigenvalue weighted by Crippen LogP contribution is 2.42. The lowest BCUT2D eigenvalue weighted by Crippen LogP contribution is -2.30. The molecule has 0 radical (unpaired) electrons. The van der Waals surface area contributed by atoms with E-state index < -0.39 is 0 Å². The van der Waals surface area contributed by atoms with Gasteiger partial charge in [-0.1, -0.05) is 29.8 Å². The number of nitrogens with zero attached hydrogens (tertiary/aromatic N) is 3. The number of aryl methyl sites for hydroxylation is 2. The Morgan fingerprint density at radius 1 is 0.938 bits per heavy atom. The minimum atomic E-state index is -0.0914. The molecule has 2 atom stereocenters. The fourth-order valence-electron chi connectivity index (χ4n) is 4.36. The van der Waals surface area contributed by atoms with Gasteiger partial charge in [0.05, 0.1) is 11.7 Å². The van der Waals surface area contributed by atoms with E-state index in [4.69, 9.17) is 23.8 Å². The summed E-state index contributed by atoms with van der Waals surface area (Å²) < 4.78 is 2.21. The molecule has 0 saturated carbocycles. The predicted octanol–water partition coefficient (Wildman–Crippen LogP) is 6.32. The molecular formula is C26H23ClN4S. The Morgan fingerprint density at radius 3 is 2.56 bits per heavy atom. The lowest BCUT2D eigenvalue weighted by atomic mass is 10.0. The summed E-state index contributed by atoms with van der Waals surface area (Å²) in [5, 5.41) is 4.99. The summed E-state index contributed by atoms with van der Waals surface area (Å²) >= 11 is 12.1. The first-order valence-electron chi connectivity index (χ1n) is 10.5. The van der Waals surface area contributed by atoms with Gasteiger partial charge in [0.25, 0.3) is 0 Å². The van der Waals surface area contributed by atoms with Crippen molar-refractivity contribution in [2.75, 3.05) is 4.90 Å². The van der Waals surface area contributed by atoms with Crippen LogP contribution in [0.15, 0.2) is 85.2 Å². The van der Waals surface area contributed by atoms with E-state index >= 15 is 0 Å². The second-order valence-corrected chi connectivity index (χ2v) is 8.87. The summed E-state index contributed by atoms with van der Waals surface area (Å²) in [7, 11) is 0. The van der Waals surface area contributed by atoms with Crippen molar-refractivity contribution in [2.24, 2.45) is 0 Å². The molecule has 5 rings (SSSR count). The minimum Gasteiger partial charge on any atom is -0.351 e. The van der Waals surface area contributed by atoms with Crippen LogP contribution in [0, 0.1) is 13.8 Å². The topological polar surface area (TPSA) is 33.1 Å². The molecule has 3 heterocycles. The zero-order valence-corrected chi connectivity index (χ0v) is 19.4. The Bertz CT molecular complexity index is 1280. The summed E-state index contributed by atoms with van der Waals surface area (Å²) in [6, 6.07) is 24.6. The van der Waals surface area contributed by atoms with Gasteiger partial charge in [0.2, 0.25) is 0 Å². The number of hydrogen-bond acceptors (Lipinski definition) is 2. The number of anilines is 1. The Labute approximate surface area is 198 Å². The number of benzene rings is 2. The van der Waals surface area contributed by atoms with Crippen molar-refractivity contribution < 1.29 is 0 Å². The summed E-state index contributed by atoms with van der Waals surface area (Å²) in [6.45, 7) is 4.12. The van der Waals surface area contributed by atoms with E-state index in [1.807, 2.05) is 43.5 Å². The van der Waals surface area contributed by atoms with Gasteiger partial charge in [-0.25, -0.2) is 0 Å². The highest BCUT2D eigenvalue weighted by molar-refractivity contribution is 7.80. The first-order valence-corrected chi connectivity index (χ1v) is 11.3. The summed E-state index contributed by atoms with van der Waals surface area (Å²) in [5.41, 5.74) is 6.43. The fraction of sp³-hybridized carbons (Fsp3) is 0.154. The standard InChI is InChI=1S/C26H23ClN4S/c1-17-7-5-8-20(15-17)31-25(24(29-26(31)32)22-9-3-4-13-28-22)23-10-6-14-30(23)19-11-12-21(27)18(2)16-19/h3-16,24-25H,1-2H3,(H,29,32). The van der Waals surface area contributed by atoms with Crippen molar-refractivity contribution in [1.82, 2.24) is 14.9 Å². The van der Waals surface area contributed by atoms with Crippen LogP contribution in [0.3, 0.4) is 0 Å². The van der Waals surface area contributed by atoms with E-state index in [-0.39, 0.29) is 12.1 Å². The second kappa shape index (κ2) is 8.41. The molecule has 4 aromatic rings. The molecule has 6 heteroatoms. The van der Waals surface area contributed by atoms with Crippen molar-refractivity contribution >= 4 is 34.6 Å². The summed E-state index contributed by atoms with van der Waals surface area (Å²) in [6.07, 6.45) is 3.91. The third-order valence-electron chi connectivity index (χ3n) is 5.88. The monoisotopic (exact) mass is 458 g/mol. The highest BCUT2D eigenvalue weighted by atomic mass is 35.5. The molecule has 0 amide bonds. The Balaban J connectivity index is 1.68. The smallest absolute Gasteiger partial charge is 0.174 e. The Morgan fingerprint density at radius 2 is 1.81 bits per heavy atom. The number of thiocarbonyl (C=S) groups is 1. The number of nitrogens with one attached hydrogen (secondary N) is 1. The van der Waals surface area contributed by atoms with Crippen molar-refractivity contribution in [3.63, 3.8) is 0 Å². The van der Waals surface area contributed by atoms with Gasteiger partial charge in [0, 0.05) is 34.5 Å². The van der Waals surface area contributed by atoms with Crippen LogP contribution in [-0.4, -0.2) is 14.7 Å². The van der Waals surface area contributed by atoms with Gasteiger partial charge < -0.3 is 14.8 Å². The van der Waals surface area contributed by atoms with Crippen LogP contribution in [0.5, 0.6) is 0 Å². The lowest BCUT2D eigenvalue weighted by Gasteiger charge is -2.29. The van der Waals surface area contributed by atoms with Gasteiger partial charge in [-0.15, -0.1) is 0 Å². The van der Waals surface area contributed by atoms with Gasteiger partial charge in [0.1, 0.15) is 6.04 Å². The summed E-state index contributed by atoms with van der Waals surface area (Å²) in [5.74, 6) is 0. The third-order valence-corrected chi connectivity index (χ3v) is 6.62. The summed E-state index contributed by atoms with van der Waals surface area (Å²) in [4.78, 5) is 6.86. The third kappa shape index (κ3) is 3.68. The first kappa shape index (κ1) is 20.7. The maximum atomic E-state index is 6.30. The molecule has 1 fully saturated rings. The van der Waals surface area contributed by atoms with Gasteiger partial charge in [-0.05, 0) is 91.8 Å². The van der Waals surface area contributed by atoms with E-state index in [9.17, 15) is 0 Å². The molecule has 1 aliphatic rings. The molecule has 1 saturated heterocycles. The van der Waals surface area contributed by atoms with Gasteiger partial charge in [-0.3, -0.25) is 4.98 Å². The number of halogens is 1. The molecule has 4 nitrogen and oxygen atoms in total. The number of hydrogen-bond donors (Lipinski definition) is 1. The number of rotatable bonds is 4. The molecular weight excluding hydrogens is 436 g/mol. The van der Waals surface area contributed by atoms with Crippen LogP contribution in [0.1, 0.15) is 34.6 Å². The van der Waals surface area contributed by atoms with Crippen molar-refractivity contribution in [3.05, 3.63) is 113 Å². The van der Waals surface area contributed by atoms with Gasteiger partial charge in [-0.2, -0.15) is 0 Å². The largest absolute Gasteiger partial charge is 0.351 e. The van der Waals surface area contributed by atoms with Crippen molar-refractivity contribution in [2.45, 2.75) is 25.9 Å². The molecule has 1 N–H and O–H groups in total. The van der Waals surface area contributed by atoms with E-state index in [0.717, 1.165) is 33.3 Å². The number of pyridine rings is 1. The number of aromatic nitrogens is 2. The molecule has 32 heavy (non-hydrogen) atoms. The quantitative estimate of drug-likeness (QED) is 0.363. The Hall–Kier alpha value is -3.15. The van der Waals surface area contributed by atoms with E-state index in [1.54, 1.807) is 0 Å². The zero-order valence-electron chi connectivity index (χ0n) is 17.9. The lowest BCUT2D eigenvalue weighted by molar-refractivity contribution is 0.549. The molecule has 2 unspecified atom stereocenters. The molecule has 0 aliphatic carbocycles. The van der Waals surface area contributed by atoms with Crippen LogP contribution < -0.4 is 10.2 Å². The SMILES string of the molecule is Cc1cccc(N2C(=S)NC(c3ccccn3)C2c2cccn2-c2ccc(Cl)c(C)c2)c1. The van der Waals surface area contributed by atoms with Crippen LogP contribution >= 0.6 is 23.8 Å². The van der Waals surface area contributed by atoms with Crippen molar-refractivity contribution in [1.29, 1.82) is 0 Å². The highest BCUT2D eigenvalue weighted by Gasteiger charge is 2.42. The van der Waals surface area contributed by atoms with E-state index in [1.165, 1.54) is 5.56 Å². The molecule has 0 bridgehead atoms. The van der Waals surface area contributed by atoms with Gasteiger partial charge >= 0.3 is 0 Å². The molecule has 2 aromatic carbocycles. The Kier molecular flexibility index (Phi) is 5.45. The average Bonchev–Trinajstić information content (AvgIpc) is 3.40. The van der Waals surface area contributed by atoms with E-state index in [2.05, 4.69) is 75.4 Å². The average molecular weight is 459 g/mol. The molecule has 2 aromatic heterocycles. The van der Waals surface area contributed by atoms with Crippen LogP contribution in [0.25, 0.3) is 5.69 Å². The van der Waals surface area contributed by atoms with E-state index in [0.29, 0.717) is 5.11 Å². The second-order valence-electron chi connectivity index (χ2n) is 8.07. The molecule has 0 spiro atoms. The van der Waals surface area contributed by atoms with Crippen molar-refractivity contribution in [3.8, 4) is 5.69 Å². The van der Waals surface area contributed by atoms with Crippen LogP contribution in [0.2, 0.25) is 5.02 Å². The maximum absolute atomic E-state index is 6.30. The van der Waals surface area contributed by atoms with Crippen LogP contribution in [0.4, 0.5) is 5.69 Å². The predicted molar refractivity (Wildman–Crippen MR) is 135 cm³/mol. The molecule has 160 valence electrons. The van der Waals surface area contributed by atoms with Crippen LogP contribution in [-0.2, 0) is 0 Å². The zero-order chi connectivity index (χ0) is 22.2. The van der Waals surface area contributed by atoms with Gasteiger partial charge in [0.15, 0.2) is 5.11 Å². The normalized spacial score (nSPS) is 18.1. The minimum absolute atomic E-state index is 0.0785. The fourth-order valence-corrected chi connectivity index (χ4v) is 4.82. The molecule has 1 aliphatic heterocycles. The maximum Gasteiger partial charge on any atom is 0.174 e.